The zero-order valence-electron chi connectivity index (χ0n) is 8.78. The average molecular weight is 294 g/mol. The van der Waals surface area contributed by atoms with Gasteiger partial charge in [0, 0.05) is 16.8 Å². The highest BCUT2D eigenvalue weighted by Crippen LogP contribution is 2.19. The summed E-state index contributed by atoms with van der Waals surface area (Å²) >= 11 is 3.04. The summed E-state index contributed by atoms with van der Waals surface area (Å²) in [5.74, 6) is -0.678. The molecule has 0 aliphatic heterocycles. The second-order valence-corrected chi connectivity index (χ2v) is 4.43. The molecule has 0 saturated carbocycles. The second kappa shape index (κ2) is 4.67. The Balaban J connectivity index is 2.37. The van der Waals surface area contributed by atoms with Gasteiger partial charge in [-0.2, -0.15) is 0 Å². The number of ketones is 1. The van der Waals surface area contributed by atoms with E-state index in [1.807, 2.05) is 0 Å². The van der Waals surface area contributed by atoms with Crippen LogP contribution in [-0.4, -0.2) is 5.78 Å². The molecule has 0 saturated heterocycles. The van der Waals surface area contributed by atoms with Crippen molar-refractivity contribution in [3.05, 3.63) is 63.9 Å². The minimum Gasteiger partial charge on any atom is -0.399 e. The predicted octanol–water partition coefficient (Wildman–Crippen LogP) is 3.40. The van der Waals surface area contributed by atoms with Crippen LogP contribution in [-0.2, 0) is 0 Å². The maximum atomic E-state index is 13.3. The van der Waals surface area contributed by atoms with E-state index < -0.39 is 5.82 Å². The van der Waals surface area contributed by atoms with Gasteiger partial charge < -0.3 is 5.73 Å². The Bertz CT molecular complexity index is 566. The Morgan fingerprint density at radius 1 is 1.06 bits per heavy atom. The smallest absolute Gasteiger partial charge is 0.193 e. The van der Waals surface area contributed by atoms with Gasteiger partial charge >= 0.3 is 0 Å². The van der Waals surface area contributed by atoms with Gasteiger partial charge in [-0.25, -0.2) is 4.39 Å². The van der Waals surface area contributed by atoms with Crippen LogP contribution in [0, 0.1) is 5.82 Å². The van der Waals surface area contributed by atoms with Crippen molar-refractivity contribution < 1.29 is 9.18 Å². The first-order chi connectivity index (χ1) is 8.08. The highest BCUT2D eigenvalue weighted by atomic mass is 79.9. The summed E-state index contributed by atoms with van der Waals surface area (Å²) in [6.07, 6.45) is 0. The quantitative estimate of drug-likeness (QED) is 0.681. The number of halogens is 2. The van der Waals surface area contributed by atoms with Gasteiger partial charge in [-0.15, -0.1) is 0 Å². The molecule has 0 heterocycles. The molecular formula is C13H9BrFNO. The molecule has 86 valence electrons. The monoisotopic (exact) mass is 293 g/mol. The van der Waals surface area contributed by atoms with E-state index in [0.29, 0.717) is 21.3 Å². The van der Waals surface area contributed by atoms with Gasteiger partial charge in [0.2, 0.25) is 0 Å². The van der Waals surface area contributed by atoms with E-state index >= 15 is 0 Å². The van der Waals surface area contributed by atoms with Crippen LogP contribution in [0.25, 0.3) is 0 Å². The van der Waals surface area contributed by atoms with Crippen LogP contribution in [0.4, 0.5) is 10.1 Å². The number of benzene rings is 2. The molecule has 0 aliphatic rings. The highest BCUT2D eigenvalue weighted by molar-refractivity contribution is 9.10. The molecule has 2 nitrogen and oxygen atoms in total. The Hall–Kier alpha value is -1.68. The summed E-state index contributed by atoms with van der Waals surface area (Å²) in [6, 6.07) is 10.8. The third kappa shape index (κ3) is 2.53. The molecule has 2 aromatic carbocycles. The van der Waals surface area contributed by atoms with Crippen LogP contribution in [0.5, 0.6) is 0 Å². The van der Waals surface area contributed by atoms with Crippen molar-refractivity contribution in [2.24, 2.45) is 0 Å². The molecule has 0 fully saturated rings. The molecule has 2 rings (SSSR count). The zero-order chi connectivity index (χ0) is 12.4. The first-order valence-electron chi connectivity index (χ1n) is 4.93. The van der Waals surface area contributed by atoms with E-state index in [1.54, 1.807) is 30.3 Å². The Morgan fingerprint density at radius 3 is 2.24 bits per heavy atom. The summed E-state index contributed by atoms with van der Waals surface area (Å²) in [6.45, 7) is 0. The number of hydrogen-bond acceptors (Lipinski definition) is 2. The molecule has 2 N–H and O–H groups in total. The summed E-state index contributed by atoms with van der Waals surface area (Å²) < 4.78 is 13.6. The Labute approximate surface area is 106 Å². The molecule has 0 aliphatic carbocycles. The summed E-state index contributed by atoms with van der Waals surface area (Å²) in [7, 11) is 0. The largest absolute Gasteiger partial charge is 0.399 e. The molecule has 0 atom stereocenters. The molecule has 0 amide bonds. The van der Waals surface area contributed by atoms with Crippen LogP contribution in [0.15, 0.2) is 46.9 Å². The lowest BCUT2D eigenvalue weighted by atomic mass is 10.0. The van der Waals surface area contributed by atoms with E-state index in [-0.39, 0.29) is 5.78 Å². The molecule has 17 heavy (non-hydrogen) atoms. The normalized spacial score (nSPS) is 10.2. The lowest BCUT2D eigenvalue weighted by Gasteiger charge is -2.03. The van der Waals surface area contributed by atoms with Gasteiger partial charge in [-0.05, 0) is 58.4 Å². The molecule has 2 aromatic rings. The van der Waals surface area contributed by atoms with E-state index in [2.05, 4.69) is 15.9 Å². The number of rotatable bonds is 2. The van der Waals surface area contributed by atoms with Crippen molar-refractivity contribution >= 4 is 27.4 Å². The van der Waals surface area contributed by atoms with Gasteiger partial charge in [0.15, 0.2) is 5.78 Å². The Kier molecular flexibility index (Phi) is 3.24. The van der Waals surface area contributed by atoms with Crippen LogP contribution in [0.3, 0.4) is 0 Å². The fourth-order valence-corrected chi connectivity index (χ4v) is 1.69. The number of nitrogens with two attached hydrogens (primary N) is 1. The highest BCUT2D eigenvalue weighted by Gasteiger charge is 2.10. The number of carbonyl (C=O) groups excluding carboxylic acids is 1. The lowest BCUT2D eigenvalue weighted by Crippen LogP contribution is -2.02. The minimum atomic E-state index is -0.453. The predicted molar refractivity (Wildman–Crippen MR) is 68.4 cm³/mol. The number of nitrogen functional groups attached to an aromatic ring is 1. The summed E-state index contributed by atoms with van der Waals surface area (Å²) in [4.78, 5) is 12.0. The van der Waals surface area contributed by atoms with E-state index in [1.165, 1.54) is 12.1 Å². The SMILES string of the molecule is Nc1ccc(C(=O)c2ccc(Br)c(F)c2)cc1. The molecule has 0 radical (unpaired) electrons. The van der Waals surface area contributed by atoms with E-state index in [0.717, 1.165) is 0 Å². The molecular weight excluding hydrogens is 285 g/mol. The number of carbonyl (C=O) groups is 1. The first kappa shape index (κ1) is 11.8. The standard InChI is InChI=1S/C13H9BrFNO/c14-11-6-3-9(7-12(11)15)13(17)8-1-4-10(16)5-2-8/h1-7H,16H2. The van der Waals surface area contributed by atoms with Gasteiger partial charge in [-0.1, -0.05) is 0 Å². The van der Waals surface area contributed by atoms with Crippen molar-refractivity contribution in [2.45, 2.75) is 0 Å². The fraction of sp³-hybridized carbons (Fsp3) is 0. The maximum absolute atomic E-state index is 13.3. The molecule has 0 unspecified atom stereocenters. The third-order valence-electron chi connectivity index (χ3n) is 2.35. The Morgan fingerprint density at radius 2 is 1.65 bits per heavy atom. The molecule has 0 aromatic heterocycles. The van der Waals surface area contributed by atoms with Crippen molar-refractivity contribution in [3.8, 4) is 0 Å². The second-order valence-electron chi connectivity index (χ2n) is 3.58. The molecule has 0 bridgehead atoms. The fourth-order valence-electron chi connectivity index (χ4n) is 1.44. The van der Waals surface area contributed by atoms with Gasteiger partial charge in [0.25, 0.3) is 0 Å². The first-order valence-corrected chi connectivity index (χ1v) is 5.72. The molecule has 4 heteroatoms. The average Bonchev–Trinajstić information content (AvgIpc) is 2.33. The van der Waals surface area contributed by atoms with Gasteiger partial charge in [0.05, 0.1) is 4.47 Å². The van der Waals surface area contributed by atoms with Crippen LogP contribution < -0.4 is 5.73 Å². The van der Waals surface area contributed by atoms with E-state index in [4.69, 9.17) is 5.73 Å². The summed E-state index contributed by atoms with van der Waals surface area (Å²) in [5, 5.41) is 0. The van der Waals surface area contributed by atoms with Crippen LogP contribution in [0.2, 0.25) is 0 Å². The van der Waals surface area contributed by atoms with Crippen molar-refractivity contribution in [1.82, 2.24) is 0 Å². The van der Waals surface area contributed by atoms with Crippen LogP contribution in [0.1, 0.15) is 15.9 Å². The van der Waals surface area contributed by atoms with Gasteiger partial charge in [-0.3, -0.25) is 4.79 Å². The van der Waals surface area contributed by atoms with Crippen molar-refractivity contribution in [2.75, 3.05) is 5.73 Å². The van der Waals surface area contributed by atoms with Crippen LogP contribution >= 0.6 is 15.9 Å². The lowest BCUT2D eigenvalue weighted by molar-refractivity contribution is 0.103. The number of hydrogen-bond donors (Lipinski definition) is 1. The maximum Gasteiger partial charge on any atom is 0.193 e. The topological polar surface area (TPSA) is 43.1 Å². The minimum absolute atomic E-state index is 0.226. The molecule has 0 spiro atoms. The van der Waals surface area contributed by atoms with Crippen molar-refractivity contribution in [1.29, 1.82) is 0 Å². The third-order valence-corrected chi connectivity index (χ3v) is 3.00. The number of anilines is 1. The summed E-state index contributed by atoms with van der Waals surface area (Å²) in [5.41, 5.74) is 6.92. The van der Waals surface area contributed by atoms with Gasteiger partial charge in [0.1, 0.15) is 5.82 Å². The van der Waals surface area contributed by atoms with Crippen molar-refractivity contribution in [3.63, 3.8) is 0 Å². The zero-order valence-corrected chi connectivity index (χ0v) is 10.4. The van der Waals surface area contributed by atoms with E-state index in [9.17, 15) is 9.18 Å².